The first-order valence-corrected chi connectivity index (χ1v) is 3.32. The highest BCUT2D eigenvalue weighted by molar-refractivity contribution is 5.00. The lowest BCUT2D eigenvalue weighted by molar-refractivity contribution is 0.639. The van der Waals surface area contributed by atoms with Crippen LogP contribution in [0.5, 0.6) is 0 Å². The molecule has 2 heteroatoms. The molecule has 0 spiro atoms. The molecule has 0 saturated carbocycles. The Hall–Kier alpha value is -0.790. The molecule has 1 aromatic heterocycles. The van der Waals surface area contributed by atoms with Crippen molar-refractivity contribution in [1.82, 2.24) is 9.55 Å². The van der Waals surface area contributed by atoms with Crippen molar-refractivity contribution in [2.24, 2.45) is 0 Å². The molecule has 0 aliphatic carbocycles. The first kappa shape index (κ1) is 5.03. The van der Waals surface area contributed by atoms with Crippen molar-refractivity contribution in [3.8, 4) is 0 Å². The molecule has 47 valence electrons. The Morgan fingerprint density at radius 3 is 3.44 bits per heavy atom. The van der Waals surface area contributed by atoms with Gasteiger partial charge in [0.05, 0.1) is 6.54 Å². The fourth-order valence-electron chi connectivity index (χ4n) is 1.19. The Bertz CT molecular complexity index is 182. The quantitative estimate of drug-likeness (QED) is 0.504. The van der Waals surface area contributed by atoms with Crippen molar-refractivity contribution in [1.29, 1.82) is 0 Å². The van der Waals surface area contributed by atoms with Crippen LogP contribution < -0.4 is 0 Å². The summed E-state index contributed by atoms with van der Waals surface area (Å²) in [6.45, 7) is 2.19. The van der Waals surface area contributed by atoms with Gasteiger partial charge in [0.15, 0.2) is 0 Å². The number of aromatic nitrogens is 2. The van der Waals surface area contributed by atoms with E-state index in [2.05, 4.69) is 16.1 Å². The van der Waals surface area contributed by atoms with Crippen LogP contribution in [0.2, 0.25) is 0 Å². The van der Waals surface area contributed by atoms with Gasteiger partial charge in [0, 0.05) is 18.8 Å². The number of fused-ring (bicyclic) bond motifs is 1. The van der Waals surface area contributed by atoms with E-state index in [1.807, 2.05) is 12.4 Å². The van der Waals surface area contributed by atoms with Gasteiger partial charge >= 0.3 is 0 Å². The van der Waals surface area contributed by atoms with Gasteiger partial charge in [-0.2, -0.15) is 0 Å². The molecular weight excluding hydrogens is 112 g/mol. The summed E-state index contributed by atoms with van der Waals surface area (Å²) in [7, 11) is 0. The van der Waals surface area contributed by atoms with Gasteiger partial charge < -0.3 is 4.57 Å². The molecule has 2 rings (SSSR count). The normalized spacial score (nSPS) is 17.3. The summed E-state index contributed by atoms with van der Waals surface area (Å²) in [4.78, 5) is 4.19. The standard InChI is InChI=1S/C7H9N2/c1-2-5-9-6-4-8-7(9)3-1/h4-6H,1-3H2. The third kappa shape index (κ3) is 0.745. The van der Waals surface area contributed by atoms with Crippen molar-refractivity contribution in [3.05, 3.63) is 24.8 Å². The third-order valence-electron chi connectivity index (χ3n) is 1.68. The maximum absolute atomic E-state index is 4.19. The second kappa shape index (κ2) is 1.87. The van der Waals surface area contributed by atoms with Crippen molar-refractivity contribution >= 4 is 0 Å². The average Bonchev–Trinajstić information content (AvgIpc) is 2.33. The van der Waals surface area contributed by atoms with E-state index in [-0.39, 0.29) is 0 Å². The number of aryl methyl sites for hydroxylation is 1. The highest BCUT2D eigenvalue weighted by atomic mass is 15.1. The van der Waals surface area contributed by atoms with Gasteiger partial charge in [-0.05, 0) is 12.8 Å². The molecule has 0 bridgehead atoms. The van der Waals surface area contributed by atoms with Crippen molar-refractivity contribution in [3.63, 3.8) is 0 Å². The summed E-state index contributed by atoms with van der Waals surface area (Å²) < 4.78 is 2.11. The van der Waals surface area contributed by atoms with Crippen LogP contribution >= 0.6 is 0 Å². The molecule has 9 heavy (non-hydrogen) atoms. The highest BCUT2D eigenvalue weighted by Gasteiger charge is 2.07. The number of imidazole rings is 1. The van der Waals surface area contributed by atoms with Gasteiger partial charge in [0.2, 0.25) is 0 Å². The second-order valence-electron chi connectivity index (χ2n) is 2.33. The highest BCUT2D eigenvalue weighted by Crippen LogP contribution is 2.12. The third-order valence-corrected chi connectivity index (χ3v) is 1.68. The van der Waals surface area contributed by atoms with Gasteiger partial charge in [-0.25, -0.2) is 4.98 Å². The van der Waals surface area contributed by atoms with Gasteiger partial charge in [0.25, 0.3) is 0 Å². The van der Waals surface area contributed by atoms with Gasteiger partial charge in [-0.3, -0.25) is 0 Å². The van der Waals surface area contributed by atoms with Crippen LogP contribution in [0.15, 0.2) is 12.4 Å². The van der Waals surface area contributed by atoms with Crippen LogP contribution in [0.1, 0.15) is 18.7 Å². The molecule has 0 atom stereocenters. The molecular formula is C7H9N2. The Balaban J connectivity index is 2.39. The first-order valence-electron chi connectivity index (χ1n) is 3.32. The monoisotopic (exact) mass is 121 g/mol. The predicted molar refractivity (Wildman–Crippen MR) is 34.9 cm³/mol. The lowest BCUT2D eigenvalue weighted by Gasteiger charge is -2.11. The molecule has 0 saturated heterocycles. The minimum Gasteiger partial charge on any atom is -0.330 e. The Morgan fingerprint density at radius 1 is 1.56 bits per heavy atom. The smallest absolute Gasteiger partial charge is 0.108 e. The van der Waals surface area contributed by atoms with E-state index < -0.39 is 0 Å². The first-order chi connectivity index (χ1) is 4.47. The number of hydrogen-bond donors (Lipinski definition) is 0. The number of rotatable bonds is 0. The molecule has 2 nitrogen and oxygen atoms in total. The Kier molecular flexibility index (Phi) is 1.04. The van der Waals surface area contributed by atoms with E-state index in [0.717, 1.165) is 6.42 Å². The molecule has 1 radical (unpaired) electrons. The van der Waals surface area contributed by atoms with Crippen LogP contribution in [0.3, 0.4) is 0 Å². The van der Waals surface area contributed by atoms with E-state index in [0.29, 0.717) is 0 Å². The molecule has 1 aromatic rings. The summed E-state index contributed by atoms with van der Waals surface area (Å²) >= 11 is 0. The lowest BCUT2D eigenvalue weighted by atomic mass is 10.2. The number of hydrogen-bond acceptors (Lipinski definition) is 1. The zero-order valence-corrected chi connectivity index (χ0v) is 5.25. The summed E-state index contributed by atoms with van der Waals surface area (Å²) in [5.74, 6) is 1.21. The van der Waals surface area contributed by atoms with Crippen LogP contribution in [-0.4, -0.2) is 9.55 Å². The van der Waals surface area contributed by atoms with Crippen LogP contribution in [0.4, 0.5) is 0 Å². The molecule has 2 heterocycles. The Labute approximate surface area is 54.5 Å². The van der Waals surface area contributed by atoms with Crippen molar-refractivity contribution < 1.29 is 0 Å². The fourth-order valence-corrected chi connectivity index (χ4v) is 1.19. The molecule has 0 fully saturated rings. The van der Waals surface area contributed by atoms with Crippen LogP contribution in [0.25, 0.3) is 0 Å². The number of nitrogens with zero attached hydrogens (tertiary/aromatic N) is 2. The second-order valence-corrected chi connectivity index (χ2v) is 2.33. The largest absolute Gasteiger partial charge is 0.330 e. The summed E-state index contributed by atoms with van der Waals surface area (Å²) in [5, 5.41) is 0. The summed E-state index contributed by atoms with van der Waals surface area (Å²) in [6.07, 6.45) is 7.47. The molecule has 0 N–H and O–H groups in total. The zero-order chi connectivity index (χ0) is 6.10. The van der Waals surface area contributed by atoms with Gasteiger partial charge in [0.1, 0.15) is 5.82 Å². The summed E-state index contributed by atoms with van der Waals surface area (Å²) in [5.41, 5.74) is 0. The molecule has 1 aliphatic rings. The lowest BCUT2D eigenvalue weighted by Crippen LogP contribution is -2.06. The van der Waals surface area contributed by atoms with E-state index in [1.165, 1.54) is 18.7 Å². The SMILES string of the molecule is [CH]1CCCc2nccn21. The molecule has 0 amide bonds. The zero-order valence-electron chi connectivity index (χ0n) is 5.25. The fraction of sp³-hybridized carbons (Fsp3) is 0.429. The van der Waals surface area contributed by atoms with Gasteiger partial charge in [-0.1, -0.05) is 0 Å². The minimum atomic E-state index is 1.14. The van der Waals surface area contributed by atoms with E-state index >= 15 is 0 Å². The minimum absolute atomic E-state index is 1.14. The average molecular weight is 121 g/mol. The van der Waals surface area contributed by atoms with Crippen molar-refractivity contribution in [2.75, 3.05) is 0 Å². The molecule has 0 unspecified atom stereocenters. The molecule has 1 aliphatic heterocycles. The predicted octanol–water partition coefficient (Wildman–Crippen LogP) is 1.23. The van der Waals surface area contributed by atoms with E-state index in [9.17, 15) is 0 Å². The summed E-state index contributed by atoms with van der Waals surface area (Å²) in [6, 6.07) is 0. The maximum Gasteiger partial charge on any atom is 0.108 e. The van der Waals surface area contributed by atoms with Crippen molar-refractivity contribution in [2.45, 2.75) is 19.3 Å². The Morgan fingerprint density at radius 2 is 2.56 bits per heavy atom. The van der Waals surface area contributed by atoms with E-state index in [4.69, 9.17) is 0 Å². The molecule has 0 aromatic carbocycles. The van der Waals surface area contributed by atoms with Crippen LogP contribution in [0, 0.1) is 6.54 Å². The topological polar surface area (TPSA) is 17.8 Å². The van der Waals surface area contributed by atoms with E-state index in [1.54, 1.807) is 0 Å². The van der Waals surface area contributed by atoms with Gasteiger partial charge in [-0.15, -0.1) is 0 Å². The maximum atomic E-state index is 4.19. The van der Waals surface area contributed by atoms with Crippen LogP contribution in [-0.2, 0) is 6.42 Å².